The van der Waals surface area contributed by atoms with Crippen LogP contribution in [0.4, 0.5) is 5.69 Å². The number of nitrogens with zero attached hydrogens (tertiary/aromatic N) is 1. The molecule has 0 aromatic heterocycles. The van der Waals surface area contributed by atoms with Crippen molar-refractivity contribution in [3.05, 3.63) is 165 Å². The molecule has 0 saturated carbocycles. The van der Waals surface area contributed by atoms with Crippen LogP contribution in [0.15, 0.2) is 154 Å². The highest BCUT2D eigenvalue weighted by molar-refractivity contribution is 9.11. The van der Waals surface area contributed by atoms with Crippen LogP contribution in [-0.2, 0) is 0 Å². The molecule has 3 heteroatoms. The number of aliphatic imine (C=N–C) groups is 1. The lowest BCUT2D eigenvalue weighted by Crippen LogP contribution is -1.98. The van der Waals surface area contributed by atoms with Gasteiger partial charge in [0.05, 0.1) is 11.4 Å². The molecule has 0 atom stereocenters. The third kappa shape index (κ3) is 7.11. The van der Waals surface area contributed by atoms with E-state index in [4.69, 9.17) is 4.99 Å². The maximum Gasteiger partial charge on any atom is 0.0858 e. The predicted molar refractivity (Wildman–Crippen MR) is 158 cm³/mol. The highest BCUT2D eigenvalue weighted by Crippen LogP contribution is 2.40. The Bertz CT molecular complexity index is 1360. The fraction of sp³-hybridized carbons (Fsp3) is 0.0312. The van der Waals surface area contributed by atoms with Crippen molar-refractivity contribution in [2.45, 2.75) is 6.42 Å². The van der Waals surface area contributed by atoms with Crippen LogP contribution in [0.1, 0.15) is 23.1 Å². The summed E-state index contributed by atoms with van der Waals surface area (Å²) < 4.78 is 1.91. The number of hydrogen-bond acceptors (Lipinski definition) is 1. The summed E-state index contributed by atoms with van der Waals surface area (Å²) in [5, 5.41) is 0. The Hall–Kier alpha value is -3.27. The van der Waals surface area contributed by atoms with Gasteiger partial charge in [0.25, 0.3) is 0 Å². The molecule has 0 fully saturated rings. The monoisotopic (exact) mass is 581 g/mol. The van der Waals surface area contributed by atoms with Gasteiger partial charge in [-0.15, -0.1) is 0 Å². The van der Waals surface area contributed by atoms with Crippen molar-refractivity contribution < 1.29 is 0 Å². The molecule has 3 aromatic carbocycles. The molecule has 1 aliphatic rings. The Labute approximate surface area is 224 Å². The molecule has 1 aliphatic heterocycles. The van der Waals surface area contributed by atoms with Gasteiger partial charge in [-0.3, -0.25) is 0 Å². The minimum Gasteiger partial charge on any atom is -0.247 e. The lowest BCUT2D eigenvalue weighted by Gasteiger charge is -2.14. The van der Waals surface area contributed by atoms with Gasteiger partial charge in [-0.25, -0.2) is 4.99 Å². The zero-order valence-corrected chi connectivity index (χ0v) is 22.4. The van der Waals surface area contributed by atoms with Crippen LogP contribution in [0.3, 0.4) is 0 Å². The number of halogens is 2. The van der Waals surface area contributed by atoms with E-state index in [1.165, 1.54) is 0 Å². The SMILES string of the molecule is Brc1cc(Br)c2c(c1)/C(c1ccccc1)=C/C=C/C=C\C\C=C/C=C/C=C/C(c1ccccc1)=N2. The van der Waals surface area contributed by atoms with Gasteiger partial charge in [0.2, 0.25) is 0 Å². The van der Waals surface area contributed by atoms with E-state index in [0.717, 1.165) is 49.0 Å². The van der Waals surface area contributed by atoms with Gasteiger partial charge in [-0.1, -0.05) is 137 Å². The summed E-state index contributed by atoms with van der Waals surface area (Å²) in [7, 11) is 0. The zero-order chi connectivity index (χ0) is 24.3. The van der Waals surface area contributed by atoms with Crippen LogP contribution in [0.5, 0.6) is 0 Å². The molecule has 3 aromatic rings. The largest absolute Gasteiger partial charge is 0.247 e. The van der Waals surface area contributed by atoms with Crippen molar-refractivity contribution in [1.82, 2.24) is 0 Å². The van der Waals surface area contributed by atoms with E-state index in [1.54, 1.807) is 0 Å². The van der Waals surface area contributed by atoms with Crippen molar-refractivity contribution in [1.29, 1.82) is 0 Å². The second-order valence-corrected chi connectivity index (χ2v) is 9.58. The highest BCUT2D eigenvalue weighted by Gasteiger charge is 2.15. The lowest BCUT2D eigenvalue weighted by molar-refractivity contribution is 1.39. The van der Waals surface area contributed by atoms with Gasteiger partial charge in [0, 0.05) is 20.1 Å². The number of rotatable bonds is 2. The van der Waals surface area contributed by atoms with Gasteiger partial charge in [0.15, 0.2) is 0 Å². The number of benzene rings is 3. The van der Waals surface area contributed by atoms with Gasteiger partial charge in [-0.2, -0.15) is 0 Å². The molecule has 172 valence electrons. The minimum atomic E-state index is 0.879. The third-order valence-electron chi connectivity index (χ3n) is 5.32. The summed E-state index contributed by atoms with van der Waals surface area (Å²) in [6.07, 6.45) is 23.8. The molecule has 35 heavy (non-hydrogen) atoms. The molecule has 0 N–H and O–H groups in total. The van der Waals surface area contributed by atoms with Crippen LogP contribution in [0.25, 0.3) is 5.57 Å². The van der Waals surface area contributed by atoms with E-state index in [9.17, 15) is 0 Å². The smallest absolute Gasteiger partial charge is 0.0858 e. The molecule has 0 amide bonds. The average Bonchev–Trinajstić information content (AvgIpc) is 2.88. The summed E-state index contributed by atoms with van der Waals surface area (Å²) in [5.41, 5.74) is 6.08. The van der Waals surface area contributed by atoms with E-state index in [1.807, 2.05) is 48.6 Å². The number of allylic oxidation sites excluding steroid dienone is 11. The van der Waals surface area contributed by atoms with Crippen molar-refractivity contribution in [3.8, 4) is 0 Å². The van der Waals surface area contributed by atoms with Gasteiger partial charge in [-0.05, 0) is 51.7 Å². The molecule has 1 nitrogen and oxygen atoms in total. The van der Waals surface area contributed by atoms with Gasteiger partial charge >= 0.3 is 0 Å². The number of fused-ring (bicyclic) bond motifs is 1. The lowest BCUT2D eigenvalue weighted by atomic mass is 9.95. The van der Waals surface area contributed by atoms with E-state index >= 15 is 0 Å². The molecule has 0 unspecified atom stereocenters. The predicted octanol–water partition coefficient (Wildman–Crippen LogP) is 9.95. The Kier molecular flexibility index (Phi) is 9.22. The summed E-state index contributed by atoms with van der Waals surface area (Å²) in [5.74, 6) is 0. The summed E-state index contributed by atoms with van der Waals surface area (Å²) in [4.78, 5) is 5.21. The van der Waals surface area contributed by atoms with Gasteiger partial charge < -0.3 is 0 Å². The average molecular weight is 583 g/mol. The Morgan fingerprint density at radius 1 is 0.629 bits per heavy atom. The highest BCUT2D eigenvalue weighted by atomic mass is 79.9. The third-order valence-corrected chi connectivity index (χ3v) is 6.38. The van der Waals surface area contributed by atoms with Crippen LogP contribution in [0, 0.1) is 0 Å². The quantitative estimate of drug-likeness (QED) is 0.285. The van der Waals surface area contributed by atoms with Crippen molar-refractivity contribution in [2.24, 2.45) is 4.99 Å². The second-order valence-electron chi connectivity index (χ2n) is 7.81. The van der Waals surface area contributed by atoms with E-state index < -0.39 is 0 Å². The van der Waals surface area contributed by atoms with Gasteiger partial charge in [0.1, 0.15) is 0 Å². The molecule has 0 bridgehead atoms. The van der Waals surface area contributed by atoms with E-state index in [0.29, 0.717) is 0 Å². The molecule has 4 rings (SSSR count). The molecular formula is C32H25Br2N. The molecule has 0 radical (unpaired) electrons. The van der Waals surface area contributed by atoms with Crippen LogP contribution in [-0.4, -0.2) is 5.71 Å². The first-order valence-electron chi connectivity index (χ1n) is 11.4. The number of hydrogen-bond donors (Lipinski definition) is 0. The normalized spacial score (nSPS) is 20.3. The molecule has 0 saturated heterocycles. The topological polar surface area (TPSA) is 12.4 Å². The van der Waals surface area contributed by atoms with Crippen LogP contribution >= 0.6 is 31.9 Å². The van der Waals surface area contributed by atoms with E-state index in [2.05, 4.69) is 123 Å². The molecule has 1 heterocycles. The van der Waals surface area contributed by atoms with Crippen molar-refractivity contribution >= 4 is 48.8 Å². The maximum absolute atomic E-state index is 5.21. The summed E-state index contributed by atoms with van der Waals surface area (Å²) in [6, 6.07) is 24.9. The van der Waals surface area contributed by atoms with Crippen LogP contribution in [0.2, 0.25) is 0 Å². The maximum atomic E-state index is 5.21. The first kappa shape index (κ1) is 24.8. The zero-order valence-electron chi connectivity index (χ0n) is 19.2. The van der Waals surface area contributed by atoms with E-state index in [-0.39, 0.29) is 0 Å². The van der Waals surface area contributed by atoms with Crippen LogP contribution < -0.4 is 0 Å². The molecule has 0 aliphatic carbocycles. The standard InChI is InChI=1S/C32H25Br2N/c33-27-23-29-28(25-17-11-9-12-18-25)21-15-7-5-3-1-2-4-6-8-16-22-31(26-19-13-10-14-20-26)35-32(29)30(34)24-27/h2-24H,1H2/b4-2-,5-3-,8-6+,15-7+,22-16+,28-21+,35-31?. The fourth-order valence-corrected chi connectivity index (χ4v) is 4.97. The Morgan fingerprint density at radius 3 is 1.97 bits per heavy atom. The first-order chi connectivity index (χ1) is 17.2. The van der Waals surface area contributed by atoms with Crippen molar-refractivity contribution in [2.75, 3.05) is 0 Å². The first-order valence-corrected chi connectivity index (χ1v) is 13.0. The fourth-order valence-electron chi connectivity index (χ4n) is 3.66. The molecular weight excluding hydrogens is 558 g/mol. The summed E-state index contributed by atoms with van der Waals surface area (Å²) in [6.45, 7) is 0. The minimum absolute atomic E-state index is 0.879. The summed E-state index contributed by atoms with van der Waals surface area (Å²) >= 11 is 7.49. The Morgan fingerprint density at radius 2 is 1.26 bits per heavy atom. The Balaban J connectivity index is 1.98. The van der Waals surface area contributed by atoms with Crippen molar-refractivity contribution in [3.63, 3.8) is 0 Å². The second kappa shape index (κ2) is 13.0. The molecule has 0 spiro atoms.